The van der Waals surface area contributed by atoms with Crippen molar-refractivity contribution in [3.63, 3.8) is 0 Å². The number of nitriles is 1. The average Bonchev–Trinajstić information content (AvgIpc) is 2.50. The number of carbonyl (C=O) groups is 1. The van der Waals surface area contributed by atoms with Crippen LogP contribution in [0.3, 0.4) is 0 Å². The number of esters is 1. The zero-order chi connectivity index (χ0) is 15.8. The number of carbonyl (C=O) groups excluding carboxylic acids is 1. The summed E-state index contributed by atoms with van der Waals surface area (Å²) >= 11 is 0. The molecule has 0 heterocycles. The third kappa shape index (κ3) is 5.54. The molecular weight excluding hydrogens is 268 g/mol. The predicted molar refractivity (Wildman–Crippen MR) is 79.5 cm³/mol. The Bertz CT molecular complexity index is 491. The molecule has 0 aromatic heterocycles. The van der Waals surface area contributed by atoms with E-state index in [2.05, 4.69) is 4.74 Å². The number of rotatable bonds is 7. The minimum absolute atomic E-state index is 0.211. The van der Waals surface area contributed by atoms with Gasteiger partial charge >= 0.3 is 5.97 Å². The average molecular weight is 290 g/mol. The SMILES string of the molecule is COC(=O)CCN(CC(O)c1ccc(C#N)cc1)C(C)C. The van der Waals surface area contributed by atoms with E-state index >= 15 is 0 Å². The summed E-state index contributed by atoms with van der Waals surface area (Å²) in [4.78, 5) is 13.3. The van der Waals surface area contributed by atoms with Gasteiger partial charge in [0.15, 0.2) is 0 Å². The van der Waals surface area contributed by atoms with E-state index < -0.39 is 6.10 Å². The first-order valence-corrected chi connectivity index (χ1v) is 6.97. The molecule has 114 valence electrons. The van der Waals surface area contributed by atoms with Crippen molar-refractivity contribution < 1.29 is 14.6 Å². The van der Waals surface area contributed by atoms with E-state index in [0.717, 1.165) is 5.56 Å². The van der Waals surface area contributed by atoms with Gasteiger partial charge in [0, 0.05) is 19.1 Å². The Morgan fingerprint density at radius 1 is 1.38 bits per heavy atom. The van der Waals surface area contributed by atoms with Gasteiger partial charge in [0.1, 0.15) is 0 Å². The molecular formula is C16H22N2O3. The van der Waals surface area contributed by atoms with Crippen LogP contribution in [-0.4, -0.2) is 42.2 Å². The maximum Gasteiger partial charge on any atom is 0.306 e. The predicted octanol–water partition coefficient (Wildman–Crippen LogP) is 1.87. The number of aliphatic hydroxyl groups excluding tert-OH is 1. The second kappa shape index (κ2) is 8.40. The first-order chi connectivity index (χ1) is 9.97. The van der Waals surface area contributed by atoms with Crippen LogP contribution in [0.2, 0.25) is 0 Å². The Hall–Kier alpha value is -1.90. The van der Waals surface area contributed by atoms with Gasteiger partial charge in [-0.15, -0.1) is 0 Å². The highest BCUT2D eigenvalue weighted by molar-refractivity contribution is 5.69. The number of hydrogen-bond acceptors (Lipinski definition) is 5. The van der Waals surface area contributed by atoms with Gasteiger partial charge in [0.05, 0.1) is 31.3 Å². The van der Waals surface area contributed by atoms with Gasteiger partial charge in [-0.3, -0.25) is 9.69 Å². The van der Waals surface area contributed by atoms with Gasteiger partial charge in [-0.2, -0.15) is 5.26 Å². The molecule has 21 heavy (non-hydrogen) atoms. The maximum absolute atomic E-state index is 11.2. The Labute approximate surface area is 125 Å². The van der Waals surface area contributed by atoms with Crippen molar-refractivity contribution in [2.24, 2.45) is 0 Å². The second-order valence-electron chi connectivity index (χ2n) is 5.16. The monoisotopic (exact) mass is 290 g/mol. The number of nitrogens with zero attached hydrogens (tertiary/aromatic N) is 2. The maximum atomic E-state index is 11.2. The molecule has 0 radical (unpaired) electrons. The van der Waals surface area contributed by atoms with E-state index in [1.54, 1.807) is 24.3 Å². The summed E-state index contributed by atoms with van der Waals surface area (Å²) in [5.74, 6) is -0.256. The minimum atomic E-state index is -0.655. The highest BCUT2D eigenvalue weighted by Gasteiger charge is 2.17. The quantitative estimate of drug-likeness (QED) is 0.776. The van der Waals surface area contributed by atoms with Crippen LogP contribution in [0, 0.1) is 11.3 Å². The van der Waals surface area contributed by atoms with Gasteiger partial charge in [-0.05, 0) is 31.5 Å². The van der Waals surface area contributed by atoms with Crippen LogP contribution < -0.4 is 0 Å². The molecule has 0 aliphatic rings. The van der Waals surface area contributed by atoms with Crippen LogP contribution in [0.25, 0.3) is 0 Å². The van der Waals surface area contributed by atoms with Gasteiger partial charge in [-0.25, -0.2) is 0 Å². The van der Waals surface area contributed by atoms with Crippen molar-refractivity contribution in [1.29, 1.82) is 5.26 Å². The molecule has 1 aromatic rings. The van der Waals surface area contributed by atoms with Gasteiger partial charge in [0.2, 0.25) is 0 Å². The summed E-state index contributed by atoms with van der Waals surface area (Å²) < 4.78 is 4.64. The molecule has 5 heteroatoms. The van der Waals surface area contributed by atoms with E-state index in [9.17, 15) is 9.90 Å². The lowest BCUT2D eigenvalue weighted by molar-refractivity contribution is -0.141. The molecule has 0 spiro atoms. The van der Waals surface area contributed by atoms with E-state index in [0.29, 0.717) is 25.1 Å². The van der Waals surface area contributed by atoms with E-state index in [1.165, 1.54) is 7.11 Å². The van der Waals surface area contributed by atoms with Crippen molar-refractivity contribution in [3.8, 4) is 6.07 Å². The smallest absolute Gasteiger partial charge is 0.306 e. The number of benzene rings is 1. The van der Waals surface area contributed by atoms with Gasteiger partial charge < -0.3 is 9.84 Å². The molecule has 0 saturated carbocycles. The third-order valence-corrected chi connectivity index (χ3v) is 3.39. The molecule has 0 aliphatic carbocycles. The van der Waals surface area contributed by atoms with Crippen LogP contribution in [0.15, 0.2) is 24.3 Å². The standard InChI is InChI=1S/C16H22N2O3/c1-12(2)18(9-8-16(20)21-3)11-15(19)14-6-4-13(10-17)5-7-14/h4-7,12,15,19H,8-9,11H2,1-3H3. The Morgan fingerprint density at radius 3 is 2.48 bits per heavy atom. The fourth-order valence-electron chi connectivity index (χ4n) is 2.00. The van der Waals surface area contributed by atoms with E-state index in [4.69, 9.17) is 5.26 Å². The van der Waals surface area contributed by atoms with Crippen molar-refractivity contribution >= 4 is 5.97 Å². The highest BCUT2D eigenvalue weighted by atomic mass is 16.5. The number of hydrogen-bond donors (Lipinski definition) is 1. The summed E-state index contributed by atoms with van der Waals surface area (Å²) in [5.41, 5.74) is 1.33. The first kappa shape index (κ1) is 17.2. The topological polar surface area (TPSA) is 73.6 Å². The van der Waals surface area contributed by atoms with E-state index in [-0.39, 0.29) is 12.0 Å². The van der Waals surface area contributed by atoms with Crippen LogP contribution in [-0.2, 0) is 9.53 Å². The van der Waals surface area contributed by atoms with Crippen LogP contribution in [0.5, 0.6) is 0 Å². The zero-order valence-electron chi connectivity index (χ0n) is 12.7. The van der Waals surface area contributed by atoms with Crippen molar-refractivity contribution in [2.45, 2.75) is 32.4 Å². The normalized spacial score (nSPS) is 12.2. The lowest BCUT2D eigenvalue weighted by atomic mass is 10.1. The number of ether oxygens (including phenoxy) is 1. The molecule has 0 saturated heterocycles. The number of methoxy groups -OCH3 is 1. The molecule has 0 aliphatic heterocycles. The molecule has 1 atom stereocenters. The summed E-state index contributed by atoms with van der Waals surface area (Å²) in [6.45, 7) is 5.00. The fraction of sp³-hybridized carbons (Fsp3) is 0.500. The summed E-state index contributed by atoms with van der Waals surface area (Å²) in [7, 11) is 1.37. The van der Waals surface area contributed by atoms with Crippen molar-refractivity contribution in [3.05, 3.63) is 35.4 Å². The van der Waals surface area contributed by atoms with Crippen molar-refractivity contribution in [1.82, 2.24) is 4.90 Å². The van der Waals surface area contributed by atoms with Gasteiger partial charge in [0.25, 0.3) is 0 Å². The van der Waals surface area contributed by atoms with E-state index in [1.807, 2.05) is 24.8 Å². The molecule has 1 N–H and O–H groups in total. The summed E-state index contributed by atoms with van der Waals surface area (Å²) in [6, 6.07) is 9.14. The molecule has 5 nitrogen and oxygen atoms in total. The Kier molecular flexibility index (Phi) is 6.86. The summed E-state index contributed by atoms with van der Waals surface area (Å²) in [6.07, 6.45) is -0.354. The second-order valence-corrected chi connectivity index (χ2v) is 5.16. The lowest BCUT2D eigenvalue weighted by Gasteiger charge is -2.28. The molecule has 1 aromatic carbocycles. The Morgan fingerprint density at radius 2 is 2.00 bits per heavy atom. The highest BCUT2D eigenvalue weighted by Crippen LogP contribution is 2.16. The molecule has 0 amide bonds. The van der Waals surface area contributed by atoms with Crippen LogP contribution in [0.1, 0.15) is 37.5 Å². The third-order valence-electron chi connectivity index (χ3n) is 3.39. The summed E-state index contributed by atoms with van der Waals surface area (Å²) in [5, 5.41) is 19.1. The zero-order valence-corrected chi connectivity index (χ0v) is 12.7. The largest absolute Gasteiger partial charge is 0.469 e. The number of aliphatic hydroxyl groups is 1. The Balaban J connectivity index is 2.64. The van der Waals surface area contributed by atoms with Crippen LogP contribution in [0.4, 0.5) is 0 Å². The fourth-order valence-corrected chi connectivity index (χ4v) is 2.00. The van der Waals surface area contributed by atoms with Crippen molar-refractivity contribution in [2.75, 3.05) is 20.2 Å². The minimum Gasteiger partial charge on any atom is -0.469 e. The van der Waals surface area contributed by atoms with Gasteiger partial charge in [-0.1, -0.05) is 12.1 Å². The molecule has 0 bridgehead atoms. The molecule has 1 rings (SSSR count). The lowest BCUT2D eigenvalue weighted by Crippen LogP contribution is -2.36. The molecule has 0 fully saturated rings. The van der Waals surface area contributed by atoms with Crippen LogP contribution >= 0.6 is 0 Å². The molecule has 1 unspecified atom stereocenters. The first-order valence-electron chi connectivity index (χ1n) is 6.97.